The molecule has 1 N–H and O–H groups in total. The summed E-state index contributed by atoms with van der Waals surface area (Å²) in [5.41, 5.74) is 3.91. The fraction of sp³-hybridized carbons (Fsp3) is 0.421. The number of carboxylic acids is 1. The first-order valence-corrected chi connectivity index (χ1v) is 8.33. The standard InChI is InChI=1S/C19H25N3O3/c1-13(10-17-14(2)20-21(4)15(17)3)19(25)22(12-18(23)24)11-16-8-6-5-7-9-16/h5-9,13H,10-12H2,1-4H3,(H,23,24). The molecule has 1 unspecified atom stereocenters. The normalized spacial score (nSPS) is 12.0. The molecule has 0 aliphatic carbocycles. The van der Waals surface area contributed by atoms with Crippen molar-refractivity contribution in [3.05, 3.63) is 52.8 Å². The van der Waals surface area contributed by atoms with E-state index in [1.54, 1.807) is 4.68 Å². The molecule has 1 aromatic carbocycles. The maximum Gasteiger partial charge on any atom is 0.323 e. The van der Waals surface area contributed by atoms with Gasteiger partial charge < -0.3 is 10.0 Å². The minimum absolute atomic E-state index is 0.158. The molecule has 0 bridgehead atoms. The van der Waals surface area contributed by atoms with Crippen LogP contribution in [0, 0.1) is 19.8 Å². The number of aliphatic carboxylic acids is 1. The number of carboxylic acid groups (broad SMARTS) is 1. The number of hydrogen-bond donors (Lipinski definition) is 1. The molecule has 0 spiro atoms. The second-order valence-electron chi connectivity index (χ2n) is 6.45. The van der Waals surface area contributed by atoms with Gasteiger partial charge in [0.1, 0.15) is 6.54 Å². The molecule has 0 saturated heterocycles. The van der Waals surface area contributed by atoms with Crippen LogP contribution in [0.4, 0.5) is 0 Å². The Morgan fingerprint density at radius 2 is 1.88 bits per heavy atom. The largest absolute Gasteiger partial charge is 0.480 e. The van der Waals surface area contributed by atoms with Crippen molar-refractivity contribution >= 4 is 11.9 Å². The molecule has 1 heterocycles. The Balaban J connectivity index is 2.15. The van der Waals surface area contributed by atoms with E-state index in [9.17, 15) is 9.59 Å². The van der Waals surface area contributed by atoms with Gasteiger partial charge in [0.05, 0.1) is 5.69 Å². The monoisotopic (exact) mass is 343 g/mol. The first-order chi connectivity index (χ1) is 11.8. The van der Waals surface area contributed by atoms with Gasteiger partial charge in [0.15, 0.2) is 0 Å². The Morgan fingerprint density at radius 3 is 2.40 bits per heavy atom. The minimum Gasteiger partial charge on any atom is -0.480 e. The lowest BCUT2D eigenvalue weighted by atomic mass is 9.98. The van der Waals surface area contributed by atoms with E-state index >= 15 is 0 Å². The third-order valence-corrected chi connectivity index (χ3v) is 4.44. The van der Waals surface area contributed by atoms with Crippen LogP contribution in [0.25, 0.3) is 0 Å². The van der Waals surface area contributed by atoms with Crippen molar-refractivity contribution in [1.29, 1.82) is 0 Å². The number of nitrogens with zero attached hydrogens (tertiary/aromatic N) is 3. The van der Waals surface area contributed by atoms with Gasteiger partial charge in [0, 0.05) is 25.2 Å². The molecular formula is C19H25N3O3. The zero-order valence-corrected chi connectivity index (χ0v) is 15.2. The van der Waals surface area contributed by atoms with Crippen molar-refractivity contribution in [2.24, 2.45) is 13.0 Å². The Morgan fingerprint density at radius 1 is 1.24 bits per heavy atom. The molecule has 1 amide bonds. The molecule has 1 aromatic heterocycles. The Bertz CT molecular complexity index is 753. The first kappa shape index (κ1) is 18.7. The SMILES string of the molecule is Cc1nn(C)c(C)c1CC(C)C(=O)N(CC(=O)O)Cc1ccccc1. The van der Waals surface area contributed by atoms with Gasteiger partial charge in [0.2, 0.25) is 5.91 Å². The van der Waals surface area contributed by atoms with Crippen LogP contribution in [-0.4, -0.2) is 38.2 Å². The molecule has 0 fully saturated rings. The van der Waals surface area contributed by atoms with Crippen molar-refractivity contribution in [3.8, 4) is 0 Å². The van der Waals surface area contributed by atoms with Gasteiger partial charge in [-0.05, 0) is 31.4 Å². The van der Waals surface area contributed by atoms with Crippen LogP contribution in [0.5, 0.6) is 0 Å². The number of amides is 1. The van der Waals surface area contributed by atoms with E-state index in [-0.39, 0.29) is 18.4 Å². The number of carbonyl (C=O) groups excluding carboxylic acids is 1. The van der Waals surface area contributed by atoms with Crippen LogP contribution < -0.4 is 0 Å². The summed E-state index contributed by atoms with van der Waals surface area (Å²) in [5.74, 6) is -1.48. The van der Waals surface area contributed by atoms with Crippen molar-refractivity contribution in [2.45, 2.75) is 33.7 Å². The Kier molecular flexibility index (Phi) is 5.96. The zero-order chi connectivity index (χ0) is 18.6. The second-order valence-corrected chi connectivity index (χ2v) is 6.45. The molecule has 2 rings (SSSR count). The zero-order valence-electron chi connectivity index (χ0n) is 15.2. The van der Waals surface area contributed by atoms with Gasteiger partial charge in [-0.3, -0.25) is 14.3 Å². The summed E-state index contributed by atoms with van der Waals surface area (Å²) in [5, 5.41) is 13.5. The molecule has 134 valence electrons. The van der Waals surface area contributed by atoms with Gasteiger partial charge in [-0.25, -0.2) is 0 Å². The lowest BCUT2D eigenvalue weighted by Gasteiger charge is -2.24. The Labute approximate surface area is 148 Å². The van der Waals surface area contributed by atoms with Gasteiger partial charge in [0.25, 0.3) is 0 Å². The van der Waals surface area contributed by atoms with Gasteiger partial charge in [-0.2, -0.15) is 5.10 Å². The van der Waals surface area contributed by atoms with E-state index in [1.807, 2.05) is 58.2 Å². The van der Waals surface area contributed by atoms with Crippen molar-refractivity contribution < 1.29 is 14.7 Å². The van der Waals surface area contributed by atoms with Crippen molar-refractivity contribution in [2.75, 3.05) is 6.54 Å². The smallest absolute Gasteiger partial charge is 0.323 e. The highest BCUT2D eigenvalue weighted by atomic mass is 16.4. The van der Waals surface area contributed by atoms with Gasteiger partial charge >= 0.3 is 5.97 Å². The van der Waals surface area contributed by atoms with Crippen LogP contribution in [0.1, 0.15) is 29.4 Å². The van der Waals surface area contributed by atoms with E-state index < -0.39 is 5.97 Å². The van der Waals surface area contributed by atoms with Crippen LogP contribution in [0.15, 0.2) is 30.3 Å². The summed E-state index contributed by atoms with van der Waals surface area (Å²) in [6.45, 7) is 5.74. The topological polar surface area (TPSA) is 75.4 Å². The lowest BCUT2D eigenvalue weighted by Crippen LogP contribution is -2.39. The number of aryl methyl sites for hydroxylation is 2. The predicted molar refractivity (Wildman–Crippen MR) is 95.0 cm³/mol. The van der Waals surface area contributed by atoms with Crippen LogP contribution in [0.2, 0.25) is 0 Å². The molecule has 0 aliphatic heterocycles. The number of rotatable bonds is 7. The number of carbonyl (C=O) groups is 2. The Hall–Kier alpha value is -2.63. The molecule has 0 saturated carbocycles. The van der Waals surface area contributed by atoms with Crippen molar-refractivity contribution in [3.63, 3.8) is 0 Å². The summed E-state index contributed by atoms with van der Waals surface area (Å²) in [4.78, 5) is 25.4. The van der Waals surface area contributed by atoms with E-state index in [0.717, 1.165) is 22.5 Å². The van der Waals surface area contributed by atoms with Crippen LogP contribution in [-0.2, 0) is 29.6 Å². The molecule has 6 nitrogen and oxygen atoms in total. The predicted octanol–water partition coefficient (Wildman–Crippen LogP) is 2.33. The molecule has 25 heavy (non-hydrogen) atoms. The fourth-order valence-corrected chi connectivity index (χ4v) is 3.00. The highest BCUT2D eigenvalue weighted by Crippen LogP contribution is 2.19. The molecule has 0 radical (unpaired) electrons. The van der Waals surface area contributed by atoms with E-state index in [0.29, 0.717) is 13.0 Å². The molecular weight excluding hydrogens is 318 g/mol. The van der Waals surface area contributed by atoms with Gasteiger partial charge in [-0.1, -0.05) is 37.3 Å². The number of hydrogen-bond acceptors (Lipinski definition) is 3. The molecule has 6 heteroatoms. The minimum atomic E-state index is -1.01. The first-order valence-electron chi connectivity index (χ1n) is 8.33. The maximum absolute atomic E-state index is 12.9. The lowest BCUT2D eigenvalue weighted by molar-refractivity contribution is -0.146. The van der Waals surface area contributed by atoms with Gasteiger partial charge in [-0.15, -0.1) is 0 Å². The van der Waals surface area contributed by atoms with Crippen molar-refractivity contribution in [1.82, 2.24) is 14.7 Å². The molecule has 0 aliphatic rings. The van der Waals surface area contributed by atoms with Crippen LogP contribution >= 0.6 is 0 Å². The highest BCUT2D eigenvalue weighted by molar-refractivity contribution is 5.83. The van der Waals surface area contributed by atoms with E-state index in [1.165, 1.54) is 4.90 Å². The quantitative estimate of drug-likeness (QED) is 0.837. The van der Waals surface area contributed by atoms with E-state index in [4.69, 9.17) is 5.11 Å². The summed E-state index contributed by atoms with van der Waals surface area (Å²) in [6, 6.07) is 9.43. The summed E-state index contributed by atoms with van der Waals surface area (Å²) < 4.78 is 1.81. The molecule has 1 atom stereocenters. The maximum atomic E-state index is 12.9. The van der Waals surface area contributed by atoms with Crippen LogP contribution in [0.3, 0.4) is 0 Å². The fourth-order valence-electron chi connectivity index (χ4n) is 3.00. The number of benzene rings is 1. The average Bonchev–Trinajstić information content (AvgIpc) is 2.80. The average molecular weight is 343 g/mol. The second kappa shape index (κ2) is 7.96. The summed E-state index contributed by atoms with van der Waals surface area (Å²) in [7, 11) is 1.88. The van der Waals surface area contributed by atoms with E-state index in [2.05, 4.69) is 5.10 Å². The summed E-state index contributed by atoms with van der Waals surface area (Å²) in [6.07, 6.45) is 0.551. The molecule has 2 aromatic rings. The third-order valence-electron chi connectivity index (χ3n) is 4.44. The highest BCUT2D eigenvalue weighted by Gasteiger charge is 2.25. The third kappa shape index (κ3) is 4.68. The summed E-state index contributed by atoms with van der Waals surface area (Å²) >= 11 is 0. The number of aromatic nitrogens is 2.